The lowest BCUT2D eigenvalue weighted by Crippen LogP contribution is -1.98. The molecule has 0 saturated carbocycles. The molecule has 0 aromatic carbocycles. The maximum atomic E-state index is 10.9. The molecule has 0 heterocycles. The standard InChI is InChI=1S/C14H24O2/c1-3-5-6-7-8-9-10-11-12-13-14(15)16-4-2/h3,12-13H,1,4-11H2,2H3. The van der Waals surface area contributed by atoms with Gasteiger partial charge in [0.15, 0.2) is 0 Å². The number of ether oxygens (including phenoxy) is 1. The predicted molar refractivity (Wildman–Crippen MR) is 68.3 cm³/mol. The third kappa shape index (κ3) is 11.0. The fourth-order valence-corrected chi connectivity index (χ4v) is 1.45. The van der Waals surface area contributed by atoms with Crippen molar-refractivity contribution in [1.82, 2.24) is 0 Å². The number of hydrogen-bond donors (Lipinski definition) is 0. The van der Waals surface area contributed by atoms with E-state index in [1.807, 2.05) is 19.1 Å². The Morgan fingerprint density at radius 2 is 1.75 bits per heavy atom. The molecule has 0 spiro atoms. The van der Waals surface area contributed by atoms with Gasteiger partial charge < -0.3 is 4.74 Å². The van der Waals surface area contributed by atoms with Gasteiger partial charge in [0.25, 0.3) is 0 Å². The smallest absolute Gasteiger partial charge is 0.330 e. The first kappa shape index (κ1) is 14.9. The highest BCUT2D eigenvalue weighted by molar-refractivity contribution is 5.81. The van der Waals surface area contributed by atoms with Crippen molar-refractivity contribution in [3.05, 3.63) is 24.8 Å². The average Bonchev–Trinajstić information content (AvgIpc) is 2.27. The van der Waals surface area contributed by atoms with Gasteiger partial charge in [0, 0.05) is 6.08 Å². The number of hydrogen-bond acceptors (Lipinski definition) is 2. The summed E-state index contributed by atoms with van der Waals surface area (Å²) in [5.74, 6) is -0.228. The van der Waals surface area contributed by atoms with Crippen LogP contribution >= 0.6 is 0 Å². The quantitative estimate of drug-likeness (QED) is 0.242. The topological polar surface area (TPSA) is 26.3 Å². The molecule has 0 radical (unpaired) electrons. The highest BCUT2D eigenvalue weighted by Gasteiger charge is 1.92. The Hall–Kier alpha value is -1.05. The Morgan fingerprint density at radius 1 is 1.12 bits per heavy atom. The zero-order chi connectivity index (χ0) is 12.1. The zero-order valence-electron chi connectivity index (χ0n) is 10.4. The molecule has 0 aliphatic heterocycles. The second-order valence-electron chi connectivity index (χ2n) is 3.79. The molecule has 0 fully saturated rings. The third-order valence-electron chi connectivity index (χ3n) is 2.32. The van der Waals surface area contributed by atoms with Gasteiger partial charge in [-0.3, -0.25) is 0 Å². The summed E-state index contributed by atoms with van der Waals surface area (Å²) in [6.45, 7) is 5.96. The minimum atomic E-state index is -0.228. The van der Waals surface area contributed by atoms with Gasteiger partial charge in [-0.25, -0.2) is 4.79 Å². The number of carbonyl (C=O) groups excluding carboxylic acids is 1. The second kappa shape index (κ2) is 12.0. The van der Waals surface area contributed by atoms with Crippen molar-refractivity contribution in [3.8, 4) is 0 Å². The Balaban J connectivity index is 3.20. The molecule has 0 aliphatic rings. The average molecular weight is 224 g/mol. The van der Waals surface area contributed by atoms with E-state index in [1.54, 1.807) is 0 Å². The first-order valence-electron chi connectivity index (χ1n) is 6.25. The van der Waals surface area contributed by atoms with Crippen molar-refractivity contribution in [2.75, 3.05) is 6.61 Å². The van der Waals surface area contributed by atoms with Crippen LogP contribution in [0.3, 0.4) is 0 Å². The second-order valence-corrected chi connectivity index (χ2v) is 3.79. The van der Waals surface area contributed by atoms with E-state index in [1.165, 1.54) is 31.8 Å². The molecule has 0 bridgehead atoms. The summed E-state index contributed by atoms with van der Waals surface area (Å²) in [7, 11) is 0. The molecule has 0 aromatic rings. The molecule has 0 unspecified atom stereocenters. The monoisotopic (exact) mass is 224 g/mol. The van der Waals surface area contributed by atoms with E-state index in [4.69, 9.17) is 4.74 Å². The van der Waals surface area contributed by atoms with Crippen LogP contribution in [-0.4, -0.2) is 12.6 Å². The van der Waals surface area contributed by atoms with Crippen LogP contribution in [0.15, 0.2) is 24.8 Å². The summed E-state index contributed by atoms with van der Waals surface area (Å²) in [5, 5.41) is 0. The van der Waals surface area contributed by atoms with Crippen LogP contribution in [0.2, 0.25) is 0 Å². The molecule has 0 saturated heterocycles. The first-order chi connectivity index (χ1) is 7.81. The lowest BCUT2D eigenvalue weighted by Gasteiger charge is -1.98. The van der Waals surface area contributed by atoms with Crippen LogP contribution in [0.4, 0.5) is 0 Å². The van der Waals surface area contributed by atoms with Gasteiger partial charge in [-0.1, -0.05) is 31.4 Å². The van der Waals surface area contributed by atoms with Crippen molar-refractivity contribution in [2.24, 2.45) is 0 Å². The summed E-state index contributed by atoms with van der Waals surface area (Å²) >= 11 is 0. The molecule has 2 nitrogen and oxygen atoms in total. The van der Waals surface area contributed by atoms with Crippen LogP contribution in [-0.2, 0) is 9.53 Å². The molecule has 0 aromatic heterocycles. The van der Waals surface area contributed by atoms with E-state index in [-0.39, 0.29) is 5.97 Å². The van der Waals surface area contributed by atoms with Gasteiger partial charge in [-0.2, -0.15) is 0 Å². The number of allylic oxidation sites excluding steroid dienone is 2. The molecular weight excluding hydrogens is 200 g/mol. The lowest BCUT2D eigenvalue weighted by molar-refractivity contribution is -0.137. The molecule has 2 heteroatoms. The Bertz CT molecular complexity index is 207. The highest BCUT2D eigenvalue weighted by atomic mass is 16.5. The van der Waals surface area contributed by atoms with Crippen molar-refractivity contribution in [1.29, 1.82) is 0 Å². The summed E-state index contributed by atoms with van der Waals surface area (Å²) < 4.78 is 4.78. The Morgan fingerprint density at radius 3 is 2.38 bits per heavy atom. The van der Waals surface area contributed by atoms with E-state index in [9.17, 15) is 4.79 Å². The third-order valence-corrected chi connectivity index (χ3v) is 2.32. The molecule has 0 rings (SSSR count). The molecule has 0 N–H and O–H groups in total. The molecule has 16 heavy (non-hydrogen) atoms. The van der Waals surface area contributed by atoms with Crippen molar-refractivity contribution in [2.45, 2.75) is 51.9 Å². The van der Waals surface area contributed by atoms with Gasteiger partial charge >= 0.3 is 5.97 Å². The predicted octanol–water partition coefficient (Wildman–Crippen LogP) is 4.02. The molecule has 0 amide bonds. The van der Waals surface area contributed by atoms with Crippen molar-refractivity contribution < 1.29 is 9.53 Å². The fraction of sp³-hybridized carbons (Fsp3) is 0.643. The van der Waals surface area contributed by atoms with E-state index in [0.29, 0.717) is 6.61 Å². The minimum Gasteiger partial charge on any atom is -0.463 e. The Labute approximate surface area is 99.4 Å². The number of esters is 1. The number of unbranched alkanes of at least 4 members (excludes halogenated alkanes) is 6. The van der Waals surface area contributed by atoms with Gasteiger partial charge in [-0.15, -0.1) is 6.58 Å². The van der Waals surface area contributed by atoms with Gasteiger partial charge in [0.1, 0.15) is 0 Å². The maximum absolute atomic E-state index is 10.9. The fourth-order valence-electron chi connectivity index (χ4n) is 1.45. The molecular formula is C14H24O2. The van der Waals surface area contributed by atoms with E-state index >= 15 is 0 Å². The van der Waals surface area contributed by atoms with E-state index in [2.05, 4.69) is 6.58 Å². The highest BCUT2D eigenvalue weighted by Crippen LogP contribution is 2.07. The van der Waals surface area contributed by atoms with Crippen LogP contribution < -0.4 is 0 Å². The van der Waals surface area contributed by atoms with Crippen molar-refractivity contribution in [3.63, 3.8) is 0 Å². The zero-order valence-corrected chi connectivity index (χ0v) is 10.4. The number of rotatable bonds is 10. The normalized spacial score (nSPS) is 10.6. The van der Waals surface area contributed by atoms with Gasteiger partial charge in [0.2, 0.25) is 0 Å². The van der Waals surface area contributed by atoms with Crippen LogP contribution in [0.25, 0.3) is 0 Å². The molecule has 0 aliphatic carbocycles. The largest absolute Gasteiger partial charge is 0.463 e. The molecule has 92 valence electrons. The summed E-state index contributed by atoms with van der Waals surface area (Å²) in [6, 6.07) is 0. The van der Waals surface area contributed by atoms with Crippen LogP contribution in [0.1, 0.15) is 51.9 Å². The van der Waals surface area contributed by atoms with Gasteiger partial charge in [-0.05, 0) is 32.6 Å². The Kier molecular flexibility index (Phi) is 11.2. The SMILES string of the molecule is C=CCCCCCCCC=CC(=O)OCC. The lowest BCUT2D eigenvalue weighted by atomic mass is 10.1. The number of carbonyl (C=O) groups is 1. The van der Waals surface area contributed by atoms with E-state index in [0.717, 1.165) is 19.3 Å². The van der Waals surface area contributed by atoms with Crippen molar-refractivity contribution >= 4 is 5.97 Å². The summed E-state index contributed by atoms with van der Waals surface area (Å²) in [5.41, 5.74) is 0. The maximum Gasteiger partial charge on any atom is 0.330 e. The van der Waals surface area contributed by atoms with Crippen LogP contribution in [0, 0.1) is 0 Å². The summed E-state index contributed by atoms with van der Waals surface area (Å²) in [6.07, 6.45) is 13.7. The summed E-state index contributed by atoms with van der Waals surface area (Å²) in [4.78, 5) is 10.9. The van der Waals surface area contributed by atoms with Gasteiger partial charge in [0.05, 0.1) is 6.61 Å². The molecule has 0 atom stereocenters. The van der Waals surface area contributed by atoms with E-state index < -0.39 is 0 Å². The van der Waals surface area contributed by atoms with Crippen LogP contribution in [0.5, 0.6) is 0 Å². The minimum absolute atomic E-state index is 0.228. The first-order valence-corrected chi connectivity index (χ1v) is 6.25.